The second-order valence-electron chi connectivity index (χ2n) is 7.19. The summed E-state index contributed by atoms with van der Waals surface area (Å²) in [5.41, 5.74) is 3.69. The molecule has 0 spiro atoms. The fourth-order valence-corrected chi connectivity index (χ4v) is 3.92. The van der Waals surface area contributed by atoms with Crippen LogP contribution in [0.4, 0.5) is 0 Å². The lowest BCUT2D eigenvalue weighted by Gasteiger charge is -2.26. The van der Waals surface area contributed by atoms with Gasteiger partial charge in [0.25, 0.3) is 5.91 Å². The first kappa shape index (κ1) is 18.8. The summed E-state index contributed by atoms with van der Waals surface area (Å²) >= 11 is 0. The Morgan fingerprint density at radius 2 is 1.86 bits per heavy atom. The average Bonchev–Trinajstić information content (AvgIpc) is 3.16. The summed E-state index contributed by atoms with van der Waals surface area (Å²) in [6, 6.07) is 17.8. The molecule has 1 aliphatic heterocycles. The molecular formula is C24H23N3O2. The van der Waals surface area contributed by atoms with Crippen molar-refractivity contribution in [2.75, 3.05) is 20.2 Å². The number of ether oxygens (including phenoxy) is 1. The van der Waals surface area contributed by atoms with E-state index in [1.54, 1.807) is 18.1 Å². The van der Waals surface area contributed by atoms with E-state index in [2.05, 4.69) is 11.1 Å². The molecule has 2 aromatic carbocycles. The zero-order valence-electron chi connectivity index (χ0n) is 16.4. The summed E-state index contributed by atoms with van der Waals surface area (Å²) in [6.07, 6.45) is 4.83. The minimum atomic E-state index is -0.191. The Balaban J connectivity index is 1.88. The van der Waals surface area contributed by atoms with E-state index in [0.717, 1.165) is 52.7 Å². The topological polar surface area (TPSA) is 69.1 Å². The van der Waals surface area contributed by atoms with Crippen molar-refractivity contribution in [1.82, 2.24) is 9.88 Å². The quantitative estimate of drug-likeness (QED) is 0.520. The van der Waals surface area contributed by atoms with Crippen LogP contribution in [0.2, 0.25) is 0 Å². The van der Waals surface area contributed by atoms with Crippen LogP contribution < -0.4 is 4.74 Å². The predicted molar refractivity (Wildman–Crippen MR) is 114 cm³/mol. The molecule has 5 heteroatoms. The van der Waals surface area contributed by atoms with Crippen molar-refractivity contribution in [3.63, 3.8) is 0 Å². The third kappa shape index (κ3) is 3.62. The molecule has 1 aromatic heterocycles. The Kier molecular flexibility index (Phi) is 5.35. The molecule has 0 aliphatic carbocycles. The number of carbonyl (C=O) groups is 1. The van der Waals surface area contributed by atoms with Crippen LogP contribution in [-0.2, 0) is 4.79 Å². The van der Waals surface area contributed by atoms with Gasteiger partial charge in [0.15, 0.2) is 0 Å². The summed E-state index contributed by atoms with van der Waals surface area (Å²) in [5.74, 6) is 0.531. The molecule has 3 aromatic rings. The highest BCUT2D eigenvalue weighted by molar-refractivity contribution is 6.07. The highest BCUT2D eigenvalue weighted by Gasteiger charge is 2.22. The molecule has 0 saturated carbocycles. The van der Waals surface area contributed by atoms with Gasteiger partial charge in [-0.2, -0.15) is 5.26 Å². The monoisotopic (exact) mass is 385 g/mol. The summed E-state index contributed by atoms with van der Waals surface area (Å²) in [4.78, 5) is 18.2. The number of fused-ring (bicyclic) bond motifs is 1. The van der Waals surface area contributed by atoms with Crippen molar-refractivity contribution in [1.29, 1.82) is 5.26 Å². The fraction of sp³-hybridized carbons (Fsp3) is 0.250. The number of nitriles is 1. The van der Waals surface area contributed by atoms with E-state index in [1.165, 1.54) is 0 Å². The highest BCUT2D eigenvalue weighted by Crippen LogP contribution is 2.36. The first-order valence-corrected chi connectivity index (χ1v) is 9.88. The number of aromatic nitrogens is 1. The van der Waals surface area contributed by atoms with Crippen LogP contribution in [0.1, 0.15) is 24.8 Å². The number of benzene rings is 2. The Bertz CT molecular complexity index is 1100. The van der Waals surface area contributed by atoms with Gasteiger partial charge >= 0.3 is 0 Å². The third-order valence-corrected chi connectivity index (χ3v) is 5.40. The molecule has 0 radical (unpaired) electrons. The van der Waals surface area contributed by atoms with Gasteiger partial charge in [-0.05, 0) is 37.0 Å². The number of rotatable bonds is 4. The lowest BCUT2D eigenvalue weighted by atomic mass is 10.0. The maximum atomic E-state index is 13.0. The number of likely N-dealkylation sites (tertiary alicyclic amines) is 1. The van der Waals surface area contributed by atoms with Crippen molar-refractivity contribution in [3.8, 4) is 23.1 Å². The molecule has 29 heavy (non-hydrogen) atoms. The average molecular weight is 385 g/mol. The normalized spacial score (nSPS) is 14.6. The predicted octanol–water partition coefficient (Wildman–Crippen LogP) is 4.76. The largest absolute Gasteiger partial charge is 0.495 e. The van der Waals surface area contributed by atoms with Crippen LogP contribution in [0.3, 0.4) is 0 Å². The minimum absolute atomic E-state index is 0.160. The van der Waals surface area contributed by atoms with Crippen molar-refractivity contribution in [2.45, 2.75) is 19.3 Å². The first-order valence-electron chi connectivity index (χ1n) is 9.88. The Morgan fingerprint density at radius 1 is 1.10 bits per heavy atom. The zero-order chi connectivity index (χ0) is 20.2. The van der Waals surface area contributed by atoms with Gasteiger partial charge in [0, 0.05) is 24.0 Å². The molecular weight excluding hydrogens is 362 g/mol. The van der Waals surface area contributed by atoms with E-state index in [4.69, 9.17) is 4.74 Å². The van der Waals surface area contributed by atoms with Gasteiger partial charge in [0.1, 0.15) is 17.4 Å². The molecule has 0 atom stereocenters. The number of hydrogen-bond acceptors (Lipinski definition) is 3. The van der Waals surface area contributed by atoms with E-state index in [-0.39, 0.29) is 11.5 Å². The van der Waals surface area contributed by atoms with Gasteiger partial charge < -0.3 is 14.6 Å². The third-order valence-electron chi connectivity index (χ3n) is 5.40. The number of H-pyrrole nitrogens is 1. The van der Waals surface area contributed by atoms with Crippen LogP contribution in [-0.4, -0.2) is 36.0 Å². The van der Waals surface area contributed by atoms with E-state index in [0.29, 0.717) is 13.1 Å². The van der Waals surface area contributed by atoms with E-state index in [1.807, 2.05) is 48.5 Å². The minimum Gasteiger partial charge on any atom is -0.495 e. The van der Waals surface area contributed by atoms with Crippen LogP contribution in [0, 0.1) is 11.3 Å². The van der Waals surface area contributed by atoms with Gasteiger partial charge in [0.2, 0.25) is 0 Å². The summed E-state index contributed by atoms with van der Waals surface area (Å²) < 4.78 is 5.51. The molecule has 4 rings (SSSR count). The molecule has 1 aliphatic rings. The number of nitrogens with zero attached hydrogens (tertiary/aromatic N) is 2. The molecule has 146 valence electrons. The smallest absolute Gasteiger partial charge is 0.264 e. The standard InChI is InChI=1S/C24H23N3O2/c1-29-21-12-8-11-19-20(22(26-23(19)21)17-9-4-2-5-10-17)15-18(16-25)24(28)27-13-6-3-7-14-27/h2,4-5,8-12,15,26H,3,6-7,13-14H2,1H3/b18-15+. The number of methoxy groups -OCH3 is 1. The number of para-hydroxylation sites is 1. The van der Waals surface area contributed by atoms with Gasteiger partial charge in [-0.25, -0.2) is 0 Å². The molecule has 5 nitrogen and oxygen atoms in total. The van der Waals surface area contributed by atoms with Gasteiger partial charge in [-0.3, -0.25) is 4.79 Å². The number of hydrogen-bond donors (Lipinski definition) is 1. The molecule has 0 bridgehead atoms. The van der Waals surface area contributed by atoms with Crippen LogP contribution in [0.5, 0.6) is 5.75 Å². The molecule has 1 saturated heterocycles. The van der Waals surface area contributed by atoms with Gasteiger partial charge in [-0.1, -0.05) is 42.5 Å². The molecule has 1 fully saturated rings. The van der Waals surface area contributed by atoms with Crippen molar-refractivity contribution >= 4 is 22.9 Å². The second kappa shape index (κ2) is 8.24. The van der Waals surface area contributed by atoms with Crippen LogP contribution >= 0.6 is 0 Å². The van der Waals surface area contributed by atoms with Crippen LogP contribution in [0.25, 0.3) is 28.2 Å². The number of carbonyl (C=O) groups excluding carboxylic acids is 1. The SMILES string of the molecule is COc1cccc2c(/C=C(\C#N)C(=O)N3CCCCC3)c(-c3ccccc3)[nH]c12. The van der Waals surface area contributed by atoms with Gasteiger partial charge in [-0.15, -0.1) is 0 Å². The van der Waals surface area contributed by atoms with Crippen LogP contribution in [0.15, 0.2) is 54.1 Å². The second-order valence-corrected chi connectivity index (χ2v) is 7.19. The Hall–Kier alpha value is -3.52. The molecule has 1 amide bonds. The lowest BCUT2D eigenvalue weighted by Crippen LogP contribution is -2.36. The fourth-order valence-electron chi connectivity index (χ4n) is 3.92. The number of aromatic amines is 1. The number of piperidine rings is 1. The van der Waals surface area contributed by atoms with Crippen molar-refractivity contribution in [2.24, 2.45) is 0 Å². The maximum Gasteiger partial charge on any atom is 0.264 e. The Morgan fingerprint density at radius 3 is 2.55 bits per heavy atom. The van der Waals surface area contributed by atoms with Crippen molar-refractivity contribution < 1.29 is 9.53 Å². The molecule has 0 unspecified atom stereocenters. The number of nitrogens with one attached hydrogen (secondary N) is 1. The van der Waals surface area contributed by atoms with E-state index in [9.17, 15) is 10.1 Å². The Labute approximate surface area is 170 Å². The summed E-state index contributed by atoms with van der Waals surface area (Å²) in [5, 5.41) is 10.7. The van der Waals surface area contributed by atoms with E-state index >= 15 is 0 Å². The maximum absolute atomic E-state index is 13.0. The lowest BCUT2D eigenvalue weighted by molar-refractivity contribution is -0.127. The summed E-state index contributed by atoms with van der Waals surface area (Å²) in [7, 11) is 1.63. The first-order chi connectivity index (χ1) is 14.2. The zero-order valence-corrected chi connectivity index (χ0v) is 16.4. The molecule has 1 N–H and O–H groups in total. The van der Waals surface area contributed by atoms with Crippen molar-refractivity contribution in [3.05, 3.63) is 59.7 Å². The number of amides is 1. The summed E-state index contributed by atoms with van der Waals surface area (Å²) in [6.45, 7) is 1.43. The van der Waals surface area contributed by atoms with Gasteiger partial charge in [0.05, 0.1) is 18.3 Å². The highest BCUT2D eigenvalue weighted by atomic mass is 16.5. The van der Waals surface area contributed by atoms with E-state index < -0.39 is 0 Å². The molecule has 2 heterocycles.